The molecule has 0 atom stereocenters. The van der Waals surface area contributed by atoms with Crippen molar-refractivity contribution in [2.75, 3.05) is 6.54 Å². The highest BCUT2D eigenvalue weighted by Crippen LogP contribution is 2.08. The lowest BCUT2D eigenvalue weighted by Crippen LogP contribution is -2.21. The molecule has 0 radical (unpaired) electrons. The van der Waals surface area contributed by atoms with Gasteiger partial charge >= 0.3 is 0 Å². The number of hydrogen-bond donors (Lipinski definition) is 2. The summed E-state index contributed by atoms with van der Waals surface area (Å²) in [4.78, 5) is 10.8. The smallest absolute Gasteiger partial charge is 0.217 e. The van der Waals surface area contributed by atoms with Gasteiger partial charge in [-0.1, -0.05) is 5.21 Å². The number of amides is 1. The monoisotopic (exact) mass is 209 g/mol. The van der Waals surface area contributed by atoms with Crippen molar-refractivity contribution in [3.05, 3.63) is 11.4 Å². The van der Waals surface area contributed by atoms with E-state index in [9.17, 15) is 4.79 Å². The third-order valence-corrected chi connectivity index (χ3v) is 2.44. The van der Waals surface area contributed by atoms with Gasteiger partial charge in [-0.05, 0) is 13.0 Å². The Kier molecular flexibility index (Phi) is 2.96. The minimum atomic E-state index is -0.0432. The fraction of sp³-hybridized carbons (Fsp3) is 0.667. The van der Waals surface area contributed by atoms with Crippen molar-refractivity contribution in [1.82, 2.24) is 25.6 Å². The number of hydrogen-bond acceptors (Lipinski definition) is 4. The zero-order valence-electron chi connectivity index (χ0n) is 8.79. The predicted octanol–water partition coefficient (Wildman–Crippen LogP) is -0.592. The number of nitrogens with one attached hydrogen (secondary N) is 2. The summed E-state index contributed by atoms with van der Waals surface area (Å²) in [6.07, 6.45) is 1.07. The Morgan fingerprint density at radius 3 is 3.33 bits per heavy atom. The Bertz CT molecular complexity index is 359. The van der Waals surface area contributed by atoms with Gasteiger partial charge in [-0.25, -0.2) is 4.68 Å². The molecule has 2 N–H and O–H groups in total. The first-order chi connectivity index (χ1) is 7.27. The Labute approximate surface area is 88.0 Å². The molecule has 6 heteroatoms. The maximum absolute atomic E-state index is 10.8. The Balaban J connectivity index is 2.11. The molecule has 0 fully saturated rings. The molecule has 0 saturated carbocycles. The van der Waals surface area contributed by atoms with E-state index in [1.165, 1.54) is 6.92 Å². The summed E-state index contributed by atoms with van der Waals surface area (Å²) in [6, 6.07) is 0. The van der Waals surface area contributed by atoms with Crippen LogP contribution >= 0.6 is 0 Å². The van der Waals surface area contributed by atoms with Gasteiger partial charge in [-0.15, -0.1) is 5.10 Å². The average Bonchev–Trinajstić information content (AvgIpc) is 2.44. The van der Waals surface area contributed by atoms with Crippen molar-refractivity contribution in [2.45, 2.75) is 33.0 Å². The molecular formula is C9H15N5O. The summed E-state index contributed by atoms with van der Waals surface area (Å²) in [6.45, 7) is 4.65. The summed E-state index contributed by atoms with van der Waals surface area (Å²) in [5, 5.41) is 14.2. The largest absolute Gasteiger partial charge is 0.351 e. The number of carbonyl (C=O) groups is 1. The Hall–Kier alpha value is -1.43. The standard InChI is InChI=1S/C9H15N5O/c1-7(15)11-5-8-9-6-10-3-2-4-14(9)13-12-8/h10H,2-6H2,1H3,(H,11,15). The molecule has 1 aliphatic rings. The van der Waals surface area contributed by atoms with Gasteiger partial charge in [0.25, 0.3) is 0 Å². The Morgan fingerprint density at radius 2 is 2.53 bits per heavy atom. The van der Waals surface area contributed by atoms with Crippen LogP contribution in [-0.4, -0.2) is 27.4 Å². The van der Waals surface area contributed by atoms with Crippen molar-refractivity contribution in [2.24, 2.45) is 0 Å². The second-order valence-corrected chi connectivity index (χ2v) is 3.65. The molecule has 0 aliphatic carbocycles. The predicted molar refractivity (Wildman–Crippen MR) is 53.9 cm³/mol. The molecule has 82 valence electrons. The highest BCUT2D eigenvalue weighted by atomic mass is 16.1. The lowest BCUT2D eigenvalue weighted by atomic mass is 10.3. The fourth-order valence-corrected chi connectivity index (χ4v) is 1.65. The summed E-state index contributed by atoms with van der Waals surface area (Å²) < 4.78 is 1.91. The highest BCUT2D eigenvalue weighted by molar-refractivity contribution is 5.72. The number of nitrogens with zero attached hydrogens (tertiary/aromatic N) is 3. The van der Waals surface area contributed by atoms with Crippen LogP contribution in [0.2, 0.25) is 0 Å². The average molecular weight is 209 g/mol. The zero-order chi connectivity index (χ0) is 10.7. The SMILES string of the molecule is CC(=O)NCc1nnn2c1CNCCC2. The highest BCUT2D eigenvalue weighted by Gasteiger charge is 2.14. The van der Waals surface area contributed by atoms with Crippen LogP contribution in [0.25, 0.3) is 0 Å². The van der Waals surface area contributed by atoms with E-state index >= 15 is 0 Å². The maximum atomic E-state index is 10.8. The lowest BCUT2D eigenvalue weighted by Gasteiger charge is -2.03. The molecule has 0 saturated heterocycles. The van der Waals surface area contributed by atoms with Crippen LogP contribution in [0.3, 0.4) is 0 Å². The van der Waals surface area contributed by atoms with E-state index in [2.05, 4.69) is 20.9 Å². The van der Waals surface area contributed by atoms with E-state index in [4.69, 9.17) is 0 Å². The van der Waals surface area contributed by atoms with E-state index in [0.717, 1.165) is 37.4 Å². The van der Waals surface area contributed by atoms with E-state index < -0.39 is 0 Å². The normalized spacial score (nSPS) is 15.5. The van der Waals surface area contributed by atoms with Gasteiger partial charge in [-0.3, -0.25) is 4.79 Å². The van der Waals surface area contributed by atoms with Crippen molar-refractivity contribution < 1.29 is 4.79 Å². The lowest BCUT2D eigenvalue weighted by molar-refractivity contribution is -0.119. The van der Waals surface area contributed by atoms with Crippen LogP contribution in [-0.2, 0) is 24.4 Å². The summed E-state index contributed by atoms with van der Waals surface area (Å²) in [5.41, 5.74) is 1.95. The molecule has 2 heterocycles. The first-order valence-electron chi connectivity index (χ1n) is 5.14. The summed E-state index contributed by atoms with van der Waals surface area (Å²) in [7, 11) is 0. The van der Waals surface area contributed by atoms with Crippen LogP contribution in [0.5, 0.6) is 0 Å². The van der Waals surface area contributed by atoms with Gasteiger partial charge in [0.15, 0.2) is 0 Å². The second-order valence-electron chi connectivity index (χ2n) is 3.65. The van der Waals surface area contributed by atoms with Gasteiger partial charge < -0.3 is 10.6 Å². The van der Waals surface area contributed by atoms with Gasteiger partial charge in [0.1, 0.15) is 5.69 Å². The first kappa shape index (κ1) is 10.1. The number of carbonyl (C=O) groups excluding carboxylic acids is 1. The zero-order valence-corrected chi connectivity index (χ0v) is 8.79. The first-order valence-corrected chi connectivity index (χ1v) is 5.14. The number of rotatable bonds is 2. The van der Waals surface area contributed by atoms with Gasteiger partial charge in [0.05, 0.1) is 12.2 Å². The minimum Gasteiger partial charge on any atom is -0.351 e. The molecule has 6 nitrogen and oxygen atoms in total. The van der Waals surface area contributed by atoms with Crippen molar-refractivity contribution in [3.63, 3.8) is 0 Å². The molecule has 1 aromatic rings. The van der Waals surface area contributed by atoms with Crippen molar-refractivity contribution >= 4 is 5.91 Å². The molecule has 0 unspecified atom stereocenters. The summed E-state index contributed by atoms with van der Waals surface area (Å²) in [5.74, 6) is -0.0432. The van der Waals surface area contributed by atoms with Crippen molar-refractivity contribution in [1.29, 1.82) is 0 Å². The molecule has 1 aliphatic heterocycles. The molecule has 15 heavy (non-hydrogen) atoms. The fourth-order valence-electron chi connectivity index (χ4n) is 1.65. The van der Waals surface area contributed by atoms with E-state index in [1.54, 1.807) is 0 Å². The van der Waals surface area contributed by atoms with Crippen molar-refractivity contribution in [3.8, 4) is 0 Å². The maximum Gasteiger partial charge on any atom is 0.217 e. The van der Waals surface area contributed by atoms with Crippen LogP contribution < -0.4 is 10.6 Å². The topological polar surface area (TPSA) is 71.8 Å². The molecule has 0 aromatic carbocycles. The number of aryl methyl sites for hydroxylation is 1. The molecule has 0 spiro atoms. The number of fused-ring (bicyclic) bond motifs is 1. The minimum absolute atomic E-state index is 0.0432. The van der Waals surface area contributed by atoms with Crippen LogP contribution in [0.4, 0.5) is 0 Å². The summed E-state index contributed by atoms with van der Waals surface area (Å²) >= 11 is 0. The van der Waals surface area contributed by atoms with Gasteiger partial charge in [0.2, 0.25) is 5.91 Å². The number of aromatic nitrogens is 3. The van der Waals surface area contributed by atoms with E-state index in [1.807, 2.05) is 4.68 Å². The second kappa shape index (κ2) is 4.39. The third kappa shape index (κ3) is 2.33. The van der Waals surface area contributed by atoms with Crippen LogP contribution in [0, 0.1) is 0 Å². The quantitative estimate of drug-likeness (QED) is 0.682. The molecule has 1 amide bonds. The van der Waals surface area contributed by atoms with E-state index in [-0.39, 0.29) is 5.91 Å². The molecular weight excluding hydrogens is 194 g/mol. The van der Waals surface area contributed by atoms with Crippen LogP contribution in [0.15, 0.2) is 0 Å². The molecule has 0 bridgehead atoms. The Morgan fingerprint density at radius 1 is 1.67 bits per heavy atom. The van der Waals surface area contributed by atoms with E-state index in [0.29, 0.717) is 6.54 Å². The third-order valence-electron chi connectivity index (χ3n) is 2.44. The van der Waals surface area contributed by atoms with Crippen LogP contribution in [0.1, 0.15) is 24.7 Å². The van der Waals surface area contributed by atoms with Gasteiger partial charge in [0, 0.05) is 20.0 Å². The molecule has 1 aromatic heterocycles. The molecule has 2 rings (SSSR count). The van der Waals surface area contributed by atoms with Gasteiger partial charge in [-0.2, -0.15) is 0 Å².